The van der Waals surface area contributed by atoms with Gasteiger partial charge in [-0.15, -0.1) is 0 Å². The highest BCUT2D eigenvalue weighted by Crippen LogP contribution is 2.38. The third-order valence-corrected chi connectivity index (χ3v) is 6.64. The van der Waals surface area contributed by atoms with E-state index in [1.807, 2.05) is 45.0 Å². The van der Waals surface area contributed by atoms with E-state index in [4.69, 9.17) is 0 Å². The van der Waals surface area contributed by atoms with E-state index in [1.54, 1.807) is 6.07 Å². The number of halogens is 2. The molecule has 1 N–H and O–H groups in total. The fourth-order valence-corrected chi connectivity index (χ4v) is 4.42. The first-order chi connectivity index (χ1) is 15.9. The van der Waals surface area contributed by atoms with Crippen molar-refractivity contribution in [3.05, 3.63) is 74.2 Å². The molecular weight excluding hydrogens is 491 g/mol. The average Bonchev–Trinajstić information content (AvgIpc) is 3.64. The van der Waals surface area contributed by atoms with Crippen molar-refractivity contribution < 1.29 is 14.3 Å². The van der Waals surface area contributed by atoms with Crippen LogP contribution in [-0.2, 0) is 0 Å². The smallest absolute Gasteiger partial charge is 0.341 e. The van der Waals surface area contributed by atoms with Crippen LogP contribution in [-0.4, -0.2) is 53.0 Å². The van der Waals surface area contributed by atoms with Crippen LogP contribution in [0.4, 0.5) is 10.1 Å². The molecule has 2 fully saturated rings. The van der Waals surface area contributed by atoms with Gasteiger partial charge in [-0.2, -0.15) is 5.10 Å². The molecular formula is C24H22BrFN4O3. The summed E-state index contributed by atoms with van der Waals surface area (Å²) in [6.45, 7) is 2.44. The molecule has 2 heterocycles. The maximum atomic E-state index is 15.1. The van der Waals surface area contributed by atoms with Crippen molar-refractivity contribution >= 4 is 44.7 Å². The van der Waals surface area contributed by atoms with Gasteiger partial charge in [0.1, 0.15) is 11.4 Å². The van der Waals surface area contributed by atoms with Crippen LogP contribution in [0.3, 0.4) is 0 Å². The van der Waals surface area contributed by atoms with E-state index in [0.717, 1.165) is 22.9 Å². The number of hydrazone groups is 1. The van der Waals surface area contributed by atoms with Gasteiger partial charge in [-0.3, -0.25) is 9.80 Å². The van der Waals surface area contributed by atoms with Gasteiger partial charge < -0.3 is 14.6 Å². The molecule has 1 saturated heterocycles. The molecule has 2 aromatic carbocycles. The Hall–Kier alpha value is -3.20. The van der Waals surface area contributed by atoms with Crippen molar-refractivity contribution in [2.24, 2.45) is 5.10 Å². The summed E-state index contributed by atoms with van der Waals surface area (Å²) in [6, 6.07) is 10.9. The Morgan fingerprint density at radius 3 is 2.45 bits per heavy atom. The Kier molecular flexibility index (Phi) is 5.65. The number of carbonyl (C=O) groups is 1. The molecule has 1 aliphatic carbocycles. The standard InChI is InChI=1S/C24H22BrFN4O3/c25-16-3-1-15(2-4-16)13-27-29-9-7-28(8-10-29)22-12-21-18(11-20(22)26)23(31)19(24(32)33)14-30(21)17-5-6-17/h1-4,11-14,17H,5-10H2,(H,32,33)/b27-13+. The SMILES string of the molecule is O=C(O)c1cn(C2CC2)c2cc(N3CCN(/N=C/c4ccc(Br)cc4)CC3)c(F)cc2c1=O. The van der Waals surface area contributed by atoms with Crippen LogP contribution in [0.2, 0.25) is 0 Å². The van der Waals surface area contributed by atoms with Crippen LogP contribution in [0.1, 0.15) is 34.8 Å². The van der Waals surface area contributed by atoms with Gasteiger partial charge in [0.2, 0.25) is 5.43 Å². The number of rotatable bonds is 5. The number of carboxylic acid groups (broad SMARTS) is 1. The fourth-order valence-electron chi connectivity index (χ4n) is 4.16. The molecule has 170 valence electrons. The second-order valence-corrected chi connectivity index (χ2v) is 9.29. The van der Waals surface area contributed by atoms with Crippen LogP contribution in [0, 0.1) is 5.82 Å². The van der Waals surface area contributed by atoms with Gasteiger partial charge in [-0.25, -0.2) is 9.18 Å². The molecule has 5 rings (SSSR count). The van der Waals surface area contributed by atoms with Crippen molar-refractivity contribution in [1.82, 2.24) is 9.58 Å². The van der Waals surface area contributed by atoms with E-state index >= 15 is 4.39 Å². The molecule has 0 amide bonds. The number of hydrogen-bond donors (Lipinski definition) is 1. The summed E-state index contributed by atoms with van der Waals surface area (Å²) in [6.07, 6.45) is 5.05. The molecule has 33 heavy (non-hydrogen) atoms. The fraction of sp³-hybridized carbons (Fsp3) is 0.292. The number of hydrogen-bond acceptors (Lipinski definition) is 5. The first kappa shape index (κ1) is 21.6. The molecule has 0 unspecified atom stereocenters. The first-order valence-electron chi connectivity index (χ1n) is 10.8. The highest BCUT2D eigenvalue weighted by molar-refractivity contribution is 9.10. The van der Waals surface area contributed by atoms with E-state index in [0.29, 0.717) is 37.4 Å². The van der Waals surface area contributed by atoms with Gasteiger partial charge in [0.15, 0.2) is 0 Å². The monoisotopic (exact) mass is 512 g/mol. The number of aromatic carboxylic acids is 1. The Morgan fingerprint density at radius 1 is 1.12 bits per heavy atom. The summed E-state index contributed by atoms with van der Waals surface area (Å²) >= 11 is 3.42. The van der Waals surface area contributed by atoms with Gasteiger partial charge >= 0.3 is 5.97 Å². The summed E-state index contributed by atoms with van der Waals surface area (Å²) < 4.78 is 17.9. The molecule has 2 aliphatic rings. The minimum atomic E-state index is -1.29. The van der Waals surface area contributed by atoms with Crippen molar-refractivity contribution in [1.29, 1.82) is 0 Å². The van der Waals surface area contributed by atoms with Crippen LogP contribution in [0.25, 0.3) is 10.9 Å². The summed E-state index contributed by atoms with van der Waals surface area (Å²) in [5, 5.41) is 16.0. The average molecular weight is 513 g/mol. The van der Waals surface area contributed by atoms with Crippen molar-refractivity contribution in [2.75, 3.05) is 31.1 Å². The zero-order chi connectivity index (χ0) is 23.1. The molecule has 0 radical (unpaired) electrons. The van der Waals surface area contributed by atoms with Gasteiger partial charge in [-0.05, 0) is 42.7 Å². The number of aromatic nitrogens is 1. The molecule has 9 heteroatoms. The van der Waals surface area contributed by atoms with Crippen LogP contribution in [0.15, 0.2) is 57.0 Å². The number of anilines is 1. The Balaban J connectivity index is 1.39. The van der Waals surface area contributed by atoms with E-state index in [-0.39, 0.29) is 17.0 Å². The van der Waals surface area contributed by atoms with Crippen LogP contribution >= 0.6 is 15.9 Å². The number of nitrogens with zero attached hydrogens (tertiary/aromatic N) is 4. The summed E-state index contributed by atoms with van der Waals surface area (Å²) in [7, 11) is 0. The number of piperazine rings is 1. The van der Waals surface area contributed by atoms with E-state index in [2.05, 4.69) is 21.0 Å². The highest BCUT2D eigenvalue weighted by Gasteiger charge is 2.28. The minimum Gasteiger partial charge on any atom is -0.477 e. The molecule has 0 bridgehead atoms. The lowest BCUT2D eigenvalue weighted by molar-refractivity contribution is 0.0695. The van der Waals surface area contributed by atoms with Crippen molar-refractivity contribution in [2.45, 2.75) is 18.9 Å². The van der Waals surface area contributed by atoms with Gasteiger partial charge in [0, 0.05) is 35.2 Å². The van der Waals surface area contributed by atoms with Crippen molar-refractivity contribution in [3.63, 3.8) is 0 Å². The maximum absolute atomic E-state index is 15.1. The highest BCUT2D eigenvalue weighted by atomic mass is 79.9. The Bertz CT molecular complexity index is 1310. The summed E-state index contributed by atoms with van der Waals surface area (Å²) in [5.74, 6) is -1.81. The summed E-state index contributed by atoms with van der Waals surface area (Å²) in [4.78, 5) is 26.1. The maximum Gasteiger partial charge on any atom is 0.341 e. The predicted molar refractivity (Wildman–Crippen MR) is 129 cm³/mol. The zero-order valence-electron chi connectivity index (χ0n) is 17.7. The van der Waals surface area contributed by atoms with Gasteiger partial charge in [0.25, 0.3) is 0 Å². The second-order valence-electron chi connectivity index (χ2n) is 8.37. The molecule has 1 saturated carbocycles. The quantitative estimate of drug-likeness (QED) is 0.521. The van der Waals surface area contributed by atoms with Gasteiger partial charge in [-0.1, -0.05) is 28.1 Å². The minimum absolute atomic E-state index is 0.112. The lowest BCUT2D eigenvalue weighted by Gasteiger charge is -2.35. The molecule has 1 aliphatic heterocycles. The van der Waals surface area contributed by atoms with Gasteiger partial charge in [0.05, 0.1) is 30.5 Å². The zero-order valence-corrected chi connectivity index (χ0v) is 19.3. The number of fused-ring (bicyclic) bond motifs is 1. The van der Waals surface area contributed by atoms with E-state index < -0.39 is 17.2 Å². The molecule has 0 spiro atoms. The lowest BCUT2D eigenvalue weighted by atomic mass is 10.1. The number of pyridine rings is 1. The third kappa shape index (κ3) is 4.37. The van der Waals surface area contributed by atoms with Crippen LogP contribution < -0.4 is 10.3 Å². The lowest BCUT2D eigenvalue weighted by Crippen LogP contribution is -2.44. The number of carboxylic acids is 1. The van der Waals surface area contributed by atoms with E-state index in [1.165, 1.54) is 12.3 Å². The third-order valence-electron chi connectivity index (χ3n) is 6.11. The summed E-state index contributed by atoms with van der Waals surface area (Å²) in [5.41, 5.74) is 1.04. The molecule has 1 aromatic heterocycles. The molecule has 7 nitrogen and oxygen atoms in total. The molecule has 0 atom stereocenters. The largest absolute Gasteiger partial charge is 0.477 e. The Morgan fingerprint density at radius 2 is 1.82 bits per heavy atom. The normalized spacial score (nSPS) is 16.7. The first-order valence-corrected chi connectivity index (χ1v) is 11.6. The van der Waals surface area contributed by atoms with Crippen LogP contribution in [0.5, 0.6) is 0 Å². The van der Waals surface area contributed by atoms with E-state index in [9.17, 15) is 14.7 Å². The Labute approximate surface area is 197 Å². The predicted octanol–water partition coefficient (Wildman–Crippen LogP) is 4.09. The number of benzene rings is 2. The topological polar surface area (TPSA) is 78.1 Å². The van der Waals surface area contributed by atoms with Crippen molar-refractivity contribution in [3.8, 4) is 0 Å². The molecule has 3 aromatic rings. The second kappa shape index (κ2) is 8.62.